The number of hydrogen-bond acceptors (Lipinski definition) is 6. The van der Waals surface area contributed by atoms with Crippen LogP contribution >= 0.6 is 0 Å². The third-order valence-electron chi connectivity index (χ3n) is 6.34. The van der Waals surface area contributed by atoms with E-state index in [-0.39, 0.29) is 16.9 Å². The number of hydrogen-bond donors (Lipinski definition) is 1. The highest BCUT2D eigenvalue weighted by Crippen LogP contribution is 2.43. The molecule has 0 amide bonds. The Balaban J connectivity index is 1.24. The standard InChI is InChI=1S/C24H22F2N4O2/c25-20-3-2-17(11-21(20)26)23(29-31)22-4-1-16(12-28-22)14-30-9-6-24(7-10-30)19-13-27-8-5-18(19)15-32-24/h1-5,8,11-13,31H,6-7,9-10,14-15H2. The number of likely N-dealkylation sites (tertiary alicyclic amines) is 1. The summed E-state index contributed by atoms with van der Waals surface area (Å²) in [5.74, 6) is -1.96. The third kappa shape index (κ3) is 3.76. The Kier molecular flexibility index (Phi) is 5.40. The Hall–Kier alpha value is -3.23. The van der Waals surface area contributed by atoms with Crippen molar-refractivity contribution in [1.29, 1.82) is 0 Å². The van der Waals surface area contributed by atoms with Crippen LogP contribution in [0.1, 0.15) is 40.8 Å². The molecule has 0 radical (unpaired) electrons. The number of nitrogens with zero attached hydrogens (tertiary/aromatic N) is 4. The van der Waals surface area contributed by atoms with E-state index in [9.17, 15) is 14.0 Å². The molecule has 0 saturated carbocycles. The Morgan fingerprint density at radius 3 is 2.66 bits per heavy atom. The van der Waals surface area contributed by atoms with Gasteiger partial charge in [-0.2, -0.15) is 0 Å². The molecule has 1 spiro atoms. The van der Waals surface area contributed by atoms with E-state index in [1.54, 1.807) is 12.3 Å². The van der Waals surface area contributed by atoms with Gasteiger partial charge in [-0.15, -0.1) is 0 Å². The van der Waals surface area contributed by atoms with Crippen molar-refractivity contribution < 1.29 is 18.7 Å². The summed E-state index contributed by atoms with van der Waals surface area (Å²) in [6.45, 7) is 3.18. The highest BCUT2D eigenvalue weighted by atomic mass is 19.2. The van der Waals surface area contributed by atoms with Crippen LogP contribution in [-0.4, -0.2) is 38.9 Å². The molecule has 4 heterocycles. The average molecular weight is 436 g/mol. The number of rotatable bonds is 4. The summed E-state index contributed by atoms with van der Waals surface area (Å²) in [4.78, 5) is 11.0. The predicted molar refractivity (Wildman–Crippen MR) is 113 cm³/mol. The minimum absolute atomic E-state index is 0.0843. The lowest BCUT2D eigenvalue weighted by Crippen LogP contribution is -2.42. The molecule has 1 N–H and O–H groups in total. The Morgan fingerprint density at radius 1 is 1.09 bits per heavy atom. The lowest BCUT2D eigenvalue weighted by atomic mass is 9.84. The summed E-state index contributed by atoms with van der Waals surface area (Å²) in [7, 11) is 0. The highest BCUT2D eigenvalue weighted by Gasteiger charge is 2.42. The van der Waals surface area contributed by atoms with Crippen LogP contribution in [0.3, 0.4) is 0 Å². The highest BCUT2D eigenvalue weighted by molar-refractivity contribution is 6.11. The van der Waals surface area contributed by atoms with Crippen molar-refractivity contribution in [3.63, 3.8) is 0 Å². The first-order chi connectivity index (χ1) is 15.6. The van der Waals surface area contributed by atoms with Crippen molar-refractivity contribution in [2.75, 3.05) is 13.1 Å². The molecule has 2 aliphatic rings. The van der Waals surface area contributed by atoms with Gasteiger partial charge in [-0.1, -0.05) is 11.2 Å². The molecule has 0 bridgehead atoms. The second-order valence-corrected chi connectivity index (χ2v) is 8.22. The second-order valence-electron chi connectivity index (χ2n) is 8.22. The average Bonchev–Trinajstić information content (AvgIpc) is 3.18. The number of ether oxygens (including phenoxy) is 1. The first kappa shape index (κ1) is 20.7. The maximum absolute atomic E-state index is 13.6. The first-order valence-corrected chi connectivity index (χ1v) is 10.5. The number of piperidine rings is 1. The van der Waals surface area contributed by atoms with Gasteiger partial charge in [-0.25, -0.2) is 8.78 Å². The lowest BCUT2D eigenvalue weighted by Gasteiger charge is -2.39. The lowest BCUT2D eigenvalue weighted by molar-refractivity contribution is -0.0800. The Morgan fingerprint density at radius 2 is 1.94 bits per heavy atom. The molecular formula is C24H22F2N4O2. The van der Waals surface area contributed by atoms with E-state index in [1.807, 2.05) is 24.5 Å². The van der Waals surface area contributed by atoms with Crippen LogP contribution in [-0.2, 0) is 23.5 Å². The molecule has 164 valence electrons. The fraction of sp³-hybridized carbons (Fsp3) is 0.292. The Labute approximate surface area is 184 Å². The monoisotopic (exact) mass is 436 g/mol. The summed E-state index contributed by atoms with van der Waals surface area (Å²) in [5, 5.41) is 12.6. The second kappa shape index (κ2) is 8.37. The molecule has 1 saturated heterocycles. The van der Waals surface area contributed by atoms with Gasteiger partial charge in [0.1, 0.15) is 5.71 Å². The quantitative estimate of drug-likeness (QED) is 0.380. The van der Waals surface area contributed by atoms with Crippen LogP contribution in [0.2, 0.25) is 0 Å². The summed E-state index contributed by atoms with van der Waals surface area (Å²) in [5.41, 5.74) is 3.96. The zero-order valence-electron chi connectivity index (χ0n) is 17.3. The predicted octanol–water partition coefficient (Wildman–Crippen LogP) is 4.00. The minimum Gasteiger partial charge on any atom is -0.410 e. The summed E-state index contributed by atoms with van der Waals surface area (Å²) < 4.78 is 33.0. The zero-order chi connectivity index (χ0) is 22.1. The molecule has 32 heavy (non-hydrogen) atoms. The van der Waals surface area contributed by atoms with Gasteiger partial charge in [0.2, 0.25) is 0 Å². The van der Waals surface area contributed by atoms with E-state index in [4.69, 9.17) is 4.74 Å². The van der Waals surface area contributed by atoms with Gasteiger partial charge in [0.25, 0.3) is 0 Å². The molecule has 1 aromatic carbocycles. The third-order valence-corrected chi connectivity index (χ3v) is 6.34. The zero-order valence-corrected chi connectivity index (χ0v) is 17.3. The van der Waals surface area contributed by atoms with E-state index in [2.05, 4.69) is 20.0 Å². The topological polar surface area (TPSA) is 70.8 Å². The molecule has 6 nitrogen and oxygen atoms in total. The van der Waals surface area contributed by atoms with Crippen LogP contribution in [0.15, 0.2) is 60.1 Å². The van der Waals surface area contributed by atoms with Crippen molar-refractivity contribution in [1.82, 2.24) is 14.9 Å². The first-order valence-electron chi connectivity index (χ1n) is 10.5. The maximum Gasteiger partial charge on any atom is 0.159 e. The molecule has 2 aliphatic heterocycles. The summed E-state index contributed by atoms with van der Waals surface area (Å²) >= 11 is 0. The molecule has 0 unspecified atom stereocenters. The van der Waals surface area contributed by atoms with Crippen molar-refractivity contribution in [2.45, 2.75) is 31.6 Å². The van der Waals surface area contributed by atoms with Gasteiger partial charge >= 0.3 is 0 Å². The SMILES string of the molecule is ON=C(c1ccc(F)c(F)c1)c1ccc(CN2CCC3(CC2)OCc2ccncc23)cn1. The number of pyridine rings is 2. The largest absolute Gasteiger partial charge is 0.410 e. The van der Waals surface area contributed by atoms with Gasteiger partial charge in [-0.05, 0) is 54.3 Å². The number of benzene rings is 1. The number of halogens is 2. The number of oxime groups is 1. The van der Waals surface area contributed by atoms with E-state index in [0.717, 1.165) is 50.2 Å². The Bertz CT molecular complexity index is 1160. The van der Waals surface area contributed by atoms with Crippen LogP contribution in [0.4, 0.5) is 8.78 Å². The van der Waals surface area contributed by atoms with E-state index < -0.39 is 11.6 Å². The fourth-order valence-electron chi connectivity index (χ4n) is 4.56. The van der Waals surface area contributed by atoms with Crippen molar-refractivity contribution in [3.05, 3.63) is 94.6 Å². The van der Waals surface area contributed by atoms with Crippen molar-refractivity contribution >= 4 is 5.71 Å². The minimum atomic E-state index is -1.01. The van der Waals surface area contributed by atoms with Gasteiger partial charge in [0.15, 0.2) is 11.6 Å². The molecule has 0 aliphatic carbocycles. The maximum atomic E-state index is 13.6. The van der Waals surface area contributed by atoms with Gasteiger partial charge in [0, 0.05) is 49.4 Å². The number of aromatic nitrogens is 2. The fourth-order valence-corrected chi connectivity index (χ4v) is 4.56. The smallest absolute Gasteiger partial charge is 0.159 e. The van der Waals surface area contributed by atoms with Gasteiger partial charge < -0.3 is 9.94 Å². The molecular weight excluding hydrogens is 414 g/mol. The normalized spacial score (nSPS) is 18.1. The van der Waals surface area contributed by atoms with Gasteiger partial charge in [0.05, 0.1) is 17.9 Å². The molecule has 1 fully saturated rings. The summed E-state index contributed by atoms with van der Waals surface area (Å²) in [6, 6.07) is 9.00. The van der Waals surface area contributed by atoms with Crippen LogP contribution < -0.4 is 0 Å². The van der Waals surface area contributed by atoms with Gasteiger partial charge in [-0.3, -0.25) is 14.9 Å². The van der Waals surface area contributed by atoms with Crippen LogP contribution in [0, 0.1) is 11.6 Å². The van der Waals surface area contributed by atoms with E-state index >= 15 is 0 Å². The molecule has 3 aromatic rings. The van der Waals surface area contributed by atoms with Crippen LogP contribution in [0.5, 0.6) is 0 Å². The van der Waals surface area contributed by atoms with Crippen LogP contribution in [0.25, 0.3) is 0 Å². The van der Waals surface area contributed by atoms with E-state index in [1.165, 1.54) is 17.2 Å². The molecule has 2 aromatic heterocycles. The van der Waals surface area contributed by atoms with E-state index in [0.29, 0.717) is 12.3 Å². The van der Waals surface area contributed by atoms with Crippen molar-refractivity contribution in [3.8, 4) is 0 Å². The van der Waals surface area contributed by atoms with Crippen molar-refractivity contribution in [2.24, 2.45) is 5.16 Å². The molecule has 0 atom stereocenters. The molecule has 5 rings (SSSR count). The summed E-state index contributed by atoms with van der Waals surface area (Å²) in [6.07, 6.45) is 7.29. The number of fused-ring (bicyclic) bond motifs is 2. The molecule has 8 heteroatoms.